The van der Waals surface area contributed by atoms with Crippen molar-refractivity contribution in [3.63, 3.8) is 0 Å². The Morgan fingerprint density at radius 1 is 1.17 bits per heavy atom. The molecule has 0 aliphatic heterocycles. The Kier molecular flexibility index (Phi) is 6.15. The second-order valence-electron chi connectivity index (χ2n) is 5.66. The van der Waals surface area contributed by atoms with Gasteiger partial charge in [-0.2, -0.15) is 0 Å². The molecule has 0 amide bonds. The predicted octanol–water partition coefficient (Wildman–Crippen LogP) is 4.74. The number of carbonyl (C=O) groups excluding carboxylic acids is 1. The summed E-state index contributed by atoms with van der Waals surface area (Å²) in [5.74, 6) is -0.926. The largest absolute Gasteiger partial charge is 0.481 e. The van der Waals surface area contributed by atoms with Gasteiger partial charge in [-0.05, 0) is 24.5 Å². The molecule has 122 valence electrons. The highest BCUT2D eigenvalue weighted by atomic mass is 16.4. The van der Waals surface area contributed by atoms with E-state index in [2.05, 4.69) is 19.1 Å². The van der Waals surface area contributed by atoms with E-state index in [0.29, 0.717) is 6.42 Å². The minimum Gasteiger partial charge on any atom is -0.481 e. The minimum absolute atomic E-state index is 0.0225. The molecule has 23 heavy (non-hydrogen) atoms. The quantitative estimate of drug-likeness (QED) is 0.716. The average molecular weight is 313 g/mol. The van der Waals surface area contributed by atoms with Gasteiger partial charge in [0.1, 0.15) is 0 Å². The summed E-state index contributed by atoms with van der Waals surface area (Å²) in [6.07, 6.45) is 9.95. The van der Waals surface area contributed by atoms with Crippen LogP contribution in [0, 0.1) is 0 Å². The Morgan fingerprint density at radius 3 is 2.74 bits per heavy atom. The smallest absolute Gasteiger partial charge is 0.303 e. The monoisotopic (exact) mass is 313 g/mol. The first-order valence-corrected chi connectivity index (χ1v) is 8.15. The van der Waals surface area contributed by atoms with Gasteiger partial charge < -0.3 is 5.11 Å². The summed E-state index contributed by atoms with van der Waals surface area (Å²) in [4.78, 5) is 23.0. The van der Waals surface area contributed by atoms with Crippen molar-refractivity contribution in [1.82, 2.24) is 4.57 Å². The molecular formula is C19H23NO3. The Labute approximate surface area is 136 Å². The Bertz CT molecular complexity index is 712. The third-order valence-corrected chi connectivity index (χ3v) is 3.81. The van der Waals surface area contributed by atoms with Crippen molar-refractivity contribution in [2.24, 2.45) is 0 Å². The van der Waals surface area contributed by atoms with Gasteiger partial charge in [0.25, 0.3) is 0 Å². The van der Waals surface area contributed by atoms with E-state index in [1.165, 1.54) is 0 Å². The van der Waals surface area contributed by atoms with E-state index < -0.39 is 5.97 Å². The maximum Gasteiger partial charge on any atom is 0.303 e. The van der Waals surface area contributed by atoms with E-state index in [1.807, 2.05) is 24.3 Å². The van der Waals surface area contributed by atoms with Crippen LogP contribution in [-0.2, 0) is 4.79 Å². The SMILES string of the molecule is CCCCC=Cc1cccc2ccn(C(=O)CCCC(=O)O)c12. The lowest BCUT2D eigenvalue weighted by molar-refractivity contribution is -0.137. The van der Waals surface area contributed by atoms with Crippen LogP contribution < -0.4 is 0 Å². The van der Waals surface area contributed by atoms with Gasteiger partial charge >= 0.3 is 5.97 Å². The lowest BCUT2D eigenvalue weighted by atomic mass is 10.1. The third kappa shape index (κ3) is 4.55. The van der Waals surface area contributed by atoms with Crippen LogP contribution in [0.4, 0.5) is 0 Å². The number of benzene rings is 1. The fraction of sp³-hybridized carbons (Fsp3) is 0.368. The molecule has 0 saturated carbocycles. The van der Waals surface area contributed by atoms with Crippen LogP contribution in [0.3, 0.4) is 0 Å². The zero-order valence-corrected chi connectivity index (χ0v) is 13.5. The van der Waals surface area contributed by atoms with Crippen LogP contribution in [0.1, 0.15) is 55.8 Å². The zero-order chi connectivity index (χ0) is 16.7. The Hall–Kier alpha value is -2.36. The first-order valence-electron chi connectivity index (χ1n) is 8.15. The van der Waals surface area contributed by atoms with E-state index in [-0.39, 0.29) is 18.7 Å². The number of para-hydroxylation sites is 1. The Morgan fingerprint density at radius 2 is 2.00 bits per heavy atom. The number of carboxylic acid groups (broad SMARTS) is 1. The van der Waals surface area contributed by atoms with E-state index in [1.54, 1.807) is 10.8 Å². The summed E-state index contributed by atoms with van der Waals surface area (Å²) in [7, 11) is 0. The molecule has 1 heterocycles. The third-order valence-electron chi connectivity index (χ3n) is 3.81. The van der Waals surface area contributed by atoms with Crippen molar-refractivity contribution < 1.29 is 14.7 Å². The van der Waals surface area contributed by atoms with E-state index >= 15 is 0 Å². The normalized spacial score (nSPS) is 11.3. The first kappa shape index (κ1) is 17.0. The van der Waals surface area contributed by atoms with Crippen LogP contribution in [-0.4, -0.2) is 21.6 Å². The van der Waals surface area contributed by atoms with Gasteiger partial charge in [0.2, 0.25) is 5.91 Å². The second-order valence-corrected chi connectivity index (χ2v) is 5.66. The summed E-state index contributed by atoms with van der Waals surface area (Å²) in [5, 5.41) is 9.71. The number of hydrogen-bond donors (Lipinski definition) is 1. The fourth-order valence-electron chi connectivity index (χ4n) is 2.61. The first-order chi connectivity index (χ1) is 11.1. The highest BCUT2D eigenvalue weighted by Crippen LogP contribution is 2.22. The molecule has 0 unspecified atom stereocenters. The summed E-state index contributed by atoms with van der Waals surface area (Å²) < 4.78 is 1.65. The topological polar surface area (TPSA) is 59.3 Å². The van der Waals surface area contributed by atoms with E-state index in [4.69, 9.17) is 5.11 Å². The van der Waals surface area contributed by atoms with Crippen molar-refractivity contribution >= 4 is 28.9 Å². The molecule has 0 spiro atoms. The molecule has 0 aliphatic rings. The van der Waals surface area contributed by atoms with Crippen molar-refractivity contribution in [1.29, 1.82) is 0 Å². The number of unbranched alkanes of at least 4 members (excludes halogenated alkanes) is 2. The van der Waals surface area contributed by atoms with Gasteiger partial charge in [-0.3, -0.25) is 14.2 Å². The minimum atomic E-state index is -0.866. The molecule has 4 nitrogen and oxygen atoms in total. The molecule has 1 aromatic carbocycles. The van der Waals surface area contributed by atoms with Gasteiger partial charge in [0.05, 0.1) is 5.52 Å². The molecule has 0 radical (unpaired) electrons. The van der Waals surface area contributed by atoms with Crippen molar-refractivity contribution in [3.05, 3.63) is 42.1 Å². The summed E-state index contributed by atoms with van der Waals surface area (Å²) in [6, 6.07) is 7.90. The van der Waals surface area contributed by atoms with Crippen LogP contribution in [0.25, 0.3) is 17.0 Å². The number of carbonyl (C=O) groups is 2. The van der Waals surface area contributed by atoms with Crippen molar-refractivity contribution in [3.8, 4) is 0 Å². The van der Waals surface area contributed by atoms with E-state index in [9.17, 15) is 9.59 Å². The number of aromatic nitrogens is 1. The number of carboxylic acids is 1. The summed E-state index contributed by atoms with van der Waals surface area (Å²) >= 11 is 0. The molecule has 4 heteroatoms. The molecule has 0 aliphatic carbocycles. The summed E-state index contributed by atoms with van der Waals surface area (Å²) in [6.45, 7) is 2.16. The van der Waals surface area contributed by atoms with Crippen molar-refractivity contribution in [2.45, 2.75) is 45.4 Å². The Balaban J connectivity index is 2.21. The zero-order valence-electron chi connectivity index (χ0n) is 13.5. The van der Waals surface area contributed by atoms with Gasteiger partial charge in [-0.25, -0.2) is 0 Å². The second kappa shape index (κ2) is 8.32. The number of rotatable bonds is 8. The number of allylic oxidation sites excluding steroid dienone is 1. The fourth-order valence-corrected chi connectivity index (χ4v) is 2.61. The maximum atomic E-state index is 12.4. The lowest BCUT2D eigenvalue weighted by Crippen LogP contribution is -2.10. The standard InChI is InChI=1S/C19H23NO3/c1-2-3-4-5-8-15-9-6-10-16-13-14-20(19(15)16)17(21)11-7-12-18(22)23/h5-6,8-10,13-14H,2-4,7,11-12H2,1H3,(H,22,23). The maximum absolute atomic E-state index is 12.4. The highest BCUT2D eigenvalue weighted by molar-refractivity contribution is 5.97. The molecule has 0 atom stereocenters. The molecule has 1 aromatic heterocycles. The molecular weight excluding hydrogens is 290 g/mol. The number of aliphatic carboxylic acids is 1. The molecule has 2 rings (SSSR count). The van der Waals surface area contributed by atoms with Crippen LogP contribution in [0.2, 0.25) is 0 Å². The highest BCUT2D eigenvalue weighted by Gasteiger charge is 2.11. The van der Waals surface area contributed by atoms with Gasteiger partial charge in [0.15, 0.2) is 0 Å². The molecule has 1 N–H and O–H groups in total. The molecule has 0 fully saturated rings. The average Bonchev–Trinajstić information content (AvgIpc) is 2.96. The van der Waals surface area contributed by atoms with Gasteiger partial charge in [-0.1, -0.05) is 50.1 Å². The van der Waals surface area contributed by atoms with Crippen LogP contribution in [0.15, 0.2) is 36.5 Å². The molecule has 0 bridgehead atoms. The van der Waals surface area contributed by atoms with Crippen LogP contribution in [0.5, 0.6) is 0 Å². The van der Waals surface area contributed by atoms with Crippen LogP contribution >= 0.6 is 0 Å². The van der Waals surface area contributed by atoms with E-state index in [0.717, 1.165) is 35.7 Å². The lowest BCUT2D eigenvalue weighted by Gasteiger charge is -2.06. The van der Waals surface area contributed by atoms with Crippen molar-refractivity contribution in [2.75, 3.05) is 0 Å². The number of fused-ring (bicyclic) bond motifs is 1. The molecule has 2 aromatic rings. The van der Waals surface area contributed by atoms with Gasteiger partial charge in [-0.15, -0.1) is 0 Å². The number of hydrogen-bond acceptors (Lipinski definition) is 2. The predicted molar refractivity (Wildman–Crippen MR) is 92.6 cm³/mol. The van der Waals surface area contributed by atoms with Gasteiger partial charge in [0, 0.05) is 24.4 Å². The summed E-state index contributed by atoms with van der Waals surface area (Å²) in [5.41, 5.74) is 1.93. The molecule has 0 saturated heterocycles. The number of nitrogens with zero attached hydrogens (tertiary/aromatic N) is 1.